The van der Waals surface area contributed by atoms with Gasteiger partial charge in [-0.3, -0.25) is 14.9 Å². The van der Waals surface area contributed by atoms with Crippen LogP contribution in [0.5, 0.6) is 0 Å². The van der Waals surface area contributed by atoms with Gasteiger partial charge in [0.05, 0.1) is 18.1 Å². The molecule has 1 heterocycles. The minimum atomic E-state index is -0.582. The molecule has 0 radical (unpaired) electrons. The van der Waals surface area contributed by atoms with Crippen LogP contribution < -0.4 is 5.56 Å². The Morgan fingerprint density at radius 2 is 2.04 bits per heavy atom. The molecule has 1 aromatic carbocycles. The fourth-order valence-electron chi connectivity index (χ4n) is 2.89. The van der Waals surface area contributed by atoms with Crippen molar-refractivity contribution in [2.45, 2.75) is 38.8 Å². The highest BCUT2D eigenvalue weighted by molar-refractivity contribution is 5.34. The molecule has 1 aliphatic rings. The van der Waals surface area contributed by atoms with E-state index in [1.54, 1.807) is 6.20 Å². The molecule has 132 valence electrons. The van der Waals surface area contributed by atoms with Gasteiger partial charge in [0.25, 0.3) is 0 Å². The highest BCUT2D eigenvalue weighted by Crippen LogP contribution is 2.40. The van der Waals surface area contributed by atoms with E-state index < -0.39 is 10.5 Å². The Bertz CT molecular complexity index is 797. The molecule has 0 aliphatic heterocycles. The predicted octanol–water partition coefficient (Wildman–Crippen LogP) is 3.49. The lowest BCUT2D eigenvalue weighted by atomic mass is 10.1. The first-order valence-corrected chi connectivity index (χ1v) is 8.55. The van der Waals surface area contributed by atoms with Crippen LogP contribution in [0.2, 0.25) is 0 Å². The highest BCUT2D eigenvalue weighted by Gasteiger charge is 2.28. The lowest BCUT2D eigenvalue weighted by Gasteiger charge is -2.15. The molecule has 6 heteroatoms. The van der Waals surface area contributed by atoms with Crippen molar-refractivity contribution in [3.05, 3.63) is 74.2 Å². The zero-order chi connectivity index (χ0) is 17.8. The monoisotopic (exact) mass is 342 g/mol. The van der Waals surface area contributed by atoms with Gasteiger partial charge in [-0.1, -0.05) is 37.3 Å². The van der Waals surface area contributed by atoms with Gasteiger partial charge >= 0.3 is 11.2 Å². The van der Waals surface area contributed by atoms with Crippen LogP contribution in [0.25, 0.3) is 0 Å². The normalized spacial score (nSPS) is 15.1. The average molecular weight is 342 g/mol. The van der Waals surface area contributed by atoms with Gasteiger partial charge in [-0.25, -0.2) is 0 Å². The van der Waals surface area contributed by atoms with Crippen molar-refractivity contribution in [1.29, 1.82) is 0 Å². The van der Waals surface area contributed by atoms with Crippen molar-refractivity contribution < 1.29 is 9.66 Å². The fraction of sp³-hybridized carbons (Fsp3) is 0.421. The summed E-state index contributed by atoms with van der Waals surface area (Å²) >= 11 is 0. The van der Waals surface area contributed by atoms with Crippen molar-refractivity contribution in [2.75, 3.05) is 6.61 Å². The van der Waals surface area contributed by atoms with Crippen LogP contribution in [0.1, 0.15) is 36.8 Å². The van der Waals surface area contributed by atoms with E-state index in [2.05, 4.69) is 0 Å². The van der Waals surface area contributed by atoms with Crippen molar-refractivity contribution in [1.82, 2.24) is 4.57 Å². The van der Waals surface area contributed by atoms with Gasteiger partial charge in [0.2, 0.25) is 0 Å². The molecule has 25 heavy (non-hydrogen) atoms. The molecule has 1 aromatic heterocycles. The number of benzene rings is 1. The summed E-state index contributed by atoms with van der Waals surface area (Å²) in [5, 5.41) is 11.2. The number of nitrogens with zero attached hydrogens (tertiary/aromatic N) is 2. The van der Waals surface area contributed by atoms with E-state index in [4.69, 9.17) is 4.74 Å². The minimum absolute atomic E-state index is 0.0791. The molecular formula is C19H22N2O4. The van der Waals surface area contributed by atoms with Gasteiger partial charge < -0.3 is 9.30 Å². The summed E-state index contributed by atoms with van der Waals surface area (Å²) in [5.74, 6) is 0.436. The van der Waals surface area contributed by atoms with Gasteiger partial charge in [-0.2, -0.15) is 0 Å². The molecule has 1 unspecified atom stereocenters. The molecule has 1 fully saturated rings. The molecule has 6 nitrogen and oxygen atoms in total. The molecule has 0 N–H and O–H groups in total. The summed E-state index contributed by atoms with van der Waals surface area (Å²) in [5.41, 5.74) is 1.12. The van der Waals surface area contributed by atoms with E-state index in [1.807, 2.05) is 37.3 Å². The molecule has 0 amide bonds. The van der Waals surface area contributed by atoms with Crippen molar-refractivity contribution in [3.63, 3.8) is 0 Å². The lowest BCUT2D eigenvalue weighted by molar-refractivity contribution is -0.386. The van der Waals surface area contributed by atoms with E-state index in [-0.39, 0.29) is 11.6 Å². The van der Waals surface area contributed by atoms with Crippen LogP contribution in [0.3, 0.4) is 0 Å². The molecule has 0 saturated heterocycles. The average Bonchev–Trinajstić information content (AvgIpc) is 3.42. The Morgan fingerprint density at radius 3 is 2.68 bits per heavy atom. The standard InChI is InChI=1S/C19H22N2O4/c1-14(12-25-13-15-5-3-2-4-6-15)10-20-11-17(16-7-8-16)9-18(19(20)22)21(23)24/h2-6,9,11,14,16H,7-8,10,12-13H2,1H3. The number of pyridine rings is 1. The Labute approximate surface area is 146 Å². The second-order valence-corrected chi connectivity index (χ2v) is 6.75. The van der Waals surface area contributed by atoms with Crippen LogP contribution in [0, 0.1) is 16.0 Å². The number of hydrogen-bond acceptors (Lipinski definition) is 4. The molecule has 0 bridgehead atoms. The van der Waals surface area contributed by atoms with E-state index in [9.17, 15) is 14.9 Å². The number of hydrogen-bond donors (Lipinski definition) is 0. The smallest absolute Gasteiger partial charge is 0.334 e. The summed E-state index contributed by atoms with van der Waals surface area (Å²) in [4.78, 5) is 22.9. The summed E-state index contributed by atoms with van der Waals surface area (Å²) < 4.78 is 7.19. The van der Waals surface area contributed by atoms with E-state index in [1.165, 1.54) is 10.6 Å². The zero-order valence-electron chi connectivity index (χ0n) is 14.3. The fourth-order valence-corrected chi connectivity index (χ4v) is 2.89. The Kier molecular flexibility index (Phi) is 5.28. The second kappa shape index (κ2) is 7.61. The molecule has 1 atom stereocenters. The van der Waals surface area contributed by atoms with Crippen LogP contribution in [-0.4, -0.2) is 16.1 Å². The largest absolute Gasteiger partial charge is 0.376 e. The first-order chi connectivity index (χ1) is 12.0. The zero-order valence-corrected chi connectivity index (χ0v) is 14.3. The molecular weight excluding hydrogens is 320 g/mol. The van der Waals surface area contributed by atoms with E-state index in [0.29, 0.717) is 25.7 Å². The highest BCUT2D eigenvalue weighted by atomic mass is 16.6. The second-order valence-electron chi connectivity index (χ2n) is 6.75. The van der Waals surface area contributed by atoms with Crippen molar-refractivity contribution in [2.24, 2.45) is 5.92 Å². The maximum atomic E-state index is 12.3. The van der Waals surface area contributed by atoms with Crippen molar-refractivity contribution in [3.8, 4) is 0 Å². The quantitative estimate of drug-likeness (QED) is 0.544. The first-order valence-electron chi connectivity index (χ1n) is 8.55. The maximum absolute atomic E-state index is 12.3. The Balaban J connectivity index is 1.65. The van der Waals surface area contributed by atoms with Gasteiger partial charge in [0, 0.05) is 18.8 Å². The third kappa shape index (κ3) is 4.54. The number of nitro groups is 1. The summed E-state index contributed by atoms with van der Waals surface area (Å²) in [7, 11) is 0. The van der Waals surface area contributed by atoms with Gasteiger partial charge in [0.15, 0.2) is 0 Å². The molecule has 1 aliphatic carbocycles. The summed E-state index contributed by atoms with van der Waals surface area (Å²) in [6.07, 6.45) is 3.84. The molecule has 0 spiro atoms. The van der Waals surface area contributed by atoms with Gasteiger partial charge in [-0.05, 0) is 35.8 Å². The Morgan fingerprint density at radius 1 is 1.32 bits per heavy atom. The number of rotatable bonds is 8. The van der Waals surface area contributed by atoms with Crippen LogP contribution in [0.4, 0.5) is 5.69 Å². The van der Waals surface area contributed by atoms with Gasteiger partial charge in [-0.15, -0.1) is 0 Å². The lowest BCUT2D eigenvalue weighted by Crippen LogP contribution is -2.26. The third-order valence-electron chi connectivity index (χ3n) is 4.36. The van der Waals surface area contributed by atoms with E-state index in [0.717, 1.165) is 24.0 Å². The predicted molar refractivity (Wildman–Crippen MR) is 94.6 cm³/mol. The third-order valence-corrected chi connectivity index (χ3v) is 4.36. The minimum Gasteiger partial charge on any atom is -0.376 e. The number of aromatic nitrogens is 1. The van der Waals surface area contributed by atoms with Crippen molar-refractivity contribution >= 4 is 5.69 Å². The van der Waals surface area contributed by atoms with Crippen LogP contribution in [0.15, 0.2) is 47.4 Å². The van der Waals surface area contributed by atoms with Crippen LogP contribution in [-0.2, 0) is 17.9 Å². The maximum Gasteiger partial charge on any atom is 0.334 e. The molecule has 3 rings (SSSR count). The summed E-state index contributed by atoms with van der Waals surface area (Å²) in [6, 6.07) is 11.3. The summed E-state index contributed by atoms with van der Waals surface area (Å²) in [6.45, 7) is 3.40. The molecule has 1 saturated carbocycles. The first kappa shape index (κ1) is 17.4. The SMILES string of the molecule is CC(COCc1ccccc1)Cn1cc(C2CC2)cc([N+](=O)[O-])c1=O. The number of ether oxygens (including phenoxy) is 1. The van der Waals surface area contributed by atoms with Crippen LogP contribution >= 0.6 is 0 Å². The Hall–Kier alpha value is -2.47. The van der Waals surface area contributed by atoms with Gasteiger partial charge in [0.1, 0.15) is 0 Å². The van der Waals surface area contributed by atoms with E-state index >= 15 is 0 Å². The molecule has 2 aromatic rings. The topological polar surface area (TPSA) is 74.4 Å².